The lowest BCUT2D eigenvalue weighted by molar-refractivity contribution is -0.386. The van der Waals surface area contributed by atoms with Crippen LogP contribution in [0.25, 0.3) is 0 Å². The van der Waals surface area contributed by atoms with Crippen LogP contribution in [0.5, 0.6) is 5.75 Å². The SMILES string of the molecule is Cc1cccc(OCc2ncc(C)c([N+](=O)[O-])c2C)c1. The average molecular weight is 272 g/mol. The first-order valence-corrected chi connectivity index (χ1v) is 6.28. The number of nitro groups is 1. The van der Waals surface area contributed by atoms with Gasteiger partial charge in [-0.05, 0) is 38.5 Å². The summed E-state index contributed by atoms with van der Waals surface area (Å²) in [5, 5.41) is 11.1. The van der Waals surface area contributed by atoms with E-state index in [1.165, 1.54) is 6.20 Å². The van der Waals surface area contributed by atoms with E-state index in [-0.39, 0.29) is 17.2 Å². The minimum absolute atomic E-state index is 0.114. The van der Waals surface area contributed by atoms with Crippen LogP contribution in [0.3, 0.4) is 0 Å². The molecule has 0 radical (unpaired) electrons. The highest BCUT2D eigenvalue weighted by Gasteiger charge is 2.18. The molecule has 5 heteroatoms. The van der Waals surface area contributed by atoms with Gasteiger partial charge in [-0.2, -0.15) is 0 Å². The van der Waals surface area contributed by atoms with Crippen molar-refractivity contribution in [2.45, 2.75) is 27.4 Å². The first kappa shape index (κ1) is 14.0. The fraction of sp³-hybridized carbons (Fsp3) is 0.267. The summed E-state index contributed by atoms with van der Waals surface area (Å²) in [4.78, 5) is 14.9. The third-order valence-electron chi connectivity index (χ3n) is 3.12. The summed E-state index contributed by atoms with van der Waals surface area (Å²) >= 11 is 0. The monoisotopic (exact) mass is 272 g/mol. The number of rotatable bonds is 4. The van der Waals surface area contributed by atoms with Gasteiger partial charge in [0, 0.05) is 11.8 Å². The van der Waals surface area contributed by atoms with Gasteiger partial charge in [0.05, 0.1) is 16.2 Å². The van der Waals surface area contributed by atoms with Gasteiger partial charge in [-0.3, -0.25) is 15.1 Å². The van der Waals surface area contributed by atoms with E-state index in [9.17, 15) is 10.1 Å². The van der Waals surface area contributed by atoms with Crippen molar-refractivity contribution in [1.82, 2.24) is 4.98 Å². The van der Waals surface area contributed by atoms with Crippen LogP contribution in [0.1, 0.15) is 22.4 Å². The smallest absolute Gasteiger partial charge is 0.278 e. The maximum Gasteiger partial charge on any atom is 0.278 e. The second-order valence-corrected chi connectivity index (χ2v) is 4.72. The number of benzene rings is 1. The molecule has 20 heavy (non-hydrogen) atoms. The maximum absolute atomic E-state index is 11.1. The zero-order valence-electron chi connectivity index (χ0n) is 11.7. The van der Waals surface area contributed by atoms with Crippen LogP contribution in [-0.4, -0.2) is 9.91 Å². The lowest BCUT2D eigenvalue weighted by atomic mass is 10.1. The summed E-state index contributed by atoms with van der Waals surface area (Å²) in [6.07, 6.45) is 1.51. The molecule has 5 nitrogen and oxygen atoms in total. The van der Waals surface area contributed by atoms with E-state index in [2.05, 4.69) is 4.98 Å². The Kier molecular flexibility index (Phi) is 3.98. The molecule has 0 atom stereocenters. The van der Waals surface area contributed by atoms with Gasteiger partial charge in [0.15, 0.2) is 0 Å². The molecule has 0 saturated heterocycles. The molecule has 2 rings (SSSR count). The molecule has 104 valence electrons. The Labute approximate surface area is 117 Å². The van der Waals surface area contributed by atoms with Crippen LogP contribution in [0, 0.1) is 30.9 Å². The summed E-state index contributed by atoms with van der Waals surface area (Å²) in [7, 11) is 0. The van der Waals surface area contributed by atoms with Crippen molar-refractivity contribution in [3.63, 3.8) is 0 Å². The molecule has 0 aliphatic carbocycles. The van der Waals surface area contributed by atoms with Crippen molar-refractivity contribution in [1.29, 1.82) is 0 Å². The summed E-state index contributed by atoms with van der Waals surface area (Å²) < 4.78 is 5.64. The van der Waals surface area contributed by atoms with Crippen molar-refractivity contribution >= 4 is 5.69 Å². The minimum atomic E-state index is -0.373. The third kappa shape index (κ3) is 2.93. The number of hydrogen-bond acceptors (Lipinski definition) is 4. The Bertz CT molecular complexity index is 654. The molecule has 0 saturated carbocycles. The molecule has 0 bridgehead atoms. The first-order chi connectivity index (χ1) is 9.49. The fourth-order valence-corrected chi connectivity index (χ4v) is 2.05. The lowest BCUT2D eigenvalue weighted by Gasteiger charge is -2.09. The van der Waals surface area contributed by atoms with E-state index in [4.69, 9.17) is 4.74 Å². The molecule has 0 aliphatic heterocycles. The fourth-order valence-electron chi connectivity index (χ4n) is 2.05. The van der Waals surface area contributed by atoms with Crippen LogP contribution in [0.15, 0.2) is 30.5 Å². The predicted octanol–water partition coefficient (Wildman–Crippen LogP) is 3.49. The average Bonchev–Trinajstić information content (AvgIpc) is 2.37. The van der Waals surface area contributed by atoms with Gasteiger partial charge in [0.25, 0.3) is 5.69 Å². The van der Waals surface area contributed by atoms with Crippen LogP contribution < -0.4 is 4.74 Å². The quantitative estimate of drug-likeness (QED) is 0.631. The zero-order valence-corrected chi connectivity index (χ0v) is 11.7. The molecule has 0 amide bonds. The van der Waals surface area contributed by atoms with Crippen LogP contribution in [0.4, 0.5) is 5.69 Å². The van der Waals surface area contributed by atoms with Gasteiger partial charge in [-0.15, -0.1) is 0 Å². The van der Waals surface area contributed by atoms with Crippen molar-refractivity contribution in [2.24, 2.45) is 0 Å². The number of ether oxygens (including phenoxy) is 1. The molecule has 1 aromatic carbocycles. The summed E-state index contributed by atoms with van der Waals surface area (Å²) in [6, 6.07) is 7.65. The van der Waals surface area contributed by atoms with Crippen molar-refractivity contribution in [2.75, 3.05) is 0 Å². The van der Waals surface area contributed by atoms with E-state index in [1.54, 1.807) is 13.8 Å². The number of hydrogen-bond donors (Lipinski definition) is 0. The van der Waals surface area contributed by atoms with Crippen molar-refractivity contribution in [3.05, 3.63) is 63.0 Å². The van der Waals surface area contributed by atoms with Crippen molar-refractivity contribution in [3.8, 4) is 5.75 Å². The van der Waals surface area contributed by atoms with E-state index in [1.807, 2.05) is 31.2 Å². The summed E-state index contributed by atoms with van der Waals surface area (Å²) in [6.45, 7) is 5.58. The van der Waals surface area contributed by atoms with Gasteiger partial charge in [-0.1, -0.05) is 12.1 Å². The van der Waals surface area contributed by atoms with E-state index in [0.717, 1.165) is 11.3 Å². The Balaban J connectivity index is 2.22. The molecule has 1 aromatic heterocycles. The molecular weight excluding hydrogens is 256 g/mol. The zero-order chi connectivity index (χ0) is 14.7. The largest absolute Gasteiger partial charge is 0.487 e. The summed E-state index contributed by atoms with van der Waals surface area (Å²) in [5.74, 6) is 0.731. The number of aromatic nitrogens is 1. The van der Waals surface area contributed by atoms with Crippen LogP contribution in [0.2, 0.25) is 0 Å². The normalized spacial score (nSPS) is 10.3. The number of aryl methyl sites for hydroxylation is 2. The number of nitrogens with zero attached hydrogens (tertiary/aromatic N) is 2. The second-order valence-electron chi connectivity index (χ2n) is 4.72. The standard InChI is InChI=1S/C15H16N2O3/c1-10-5-4-6-13(7-10)20-9-14-12(3)15(17(18)19)11(2)8-16-14/h4-8H,9H2,1-3H3. The molecular formula is C15H16N2O3. The Morgan fingerprint density at radius 2 is 2.05 bits per heavy atom. The van der Waals surface area contributed by atoms with Gasteiger partial charge >= 0.3 is 0 Å². The van der Waals surface area contributed by atoms with Gasteiger partial charge in [0.2, 0.25) is 0 Å². The second kappa shape index (κ2) is 5.69. The third-order valence-corrected chi connectivity index (χ3v) is 3.12. The predicted molar refractivity (Wildman–Crippen MR) is 75.9 cm³/mol. The molecule has 0 fully saturated rings. The molecule has 0 aliphatic rings. The van der Waals surface area contributed by atoms with E-state index in [0.29, 0.717) is 16.8 Å². The van der Waals surface area contributed by atoms with Crippen LogP contribution in [-0.2, 0) is 6.61 Å². The highest BCUT2D eigenvalue weighted by atomic mass is 16.6. The Morgan fingerprint density at radius 1 is 1.30 bits per heavy atom. The Morgan fingerprint density at radius 3 is 2.70 bits per heavy atom. The van der Waals surface area contributed by atoms with Gasteiger partial charge in [0.1, 0.15) is 12.4 Å². The van der Waals surface area contributed by atoms with Crippen LogP contribution >= 0.6 is 0 Å². The topological polar surface area (TPSA) is 65.3 Å². The van der Waals surface area contributed by atoms with Gasteiger partial charge < -0.3 is 4.74 Å². The molecule has 0 unspecified atom stereocenters. The van der Waals surface area contributed by atoms with E-state index < -0.39 is 0 Å². The summed E-state index contributed by atoms with van der Waals surface area (Å²) in [5.41, 5.74) is 2.92. The lowest BCUT2D eigenvalue weighted by Crippen LogP contribution is -2.05. The Hall–Kier alpha value is -2.43. The first-order valence-electron chi connectivity index (χ1n) is 6.28. The molecule has 1 heterocycles. The maximum atomic E-state index is 11.1. The minimum Gasteiger partial charge on any atom is -0.487 e. The molecule has 2 aromatic rings. The van der Waals surface area contributed by atoms with Gasteiger partial charge in [-0.25, -0.2) is 0 Å². The van der Waals surface area contributed by atoms with Crippen molar-refractivity contribution < 1.29 is 9.66 Å². The highest BCUT2D eigenvalue weighted by Crippen LogP contribution is 2.25. The molecule has 0 N–H and O–H groups in total. The number of pyridine rings is 1. The molecule has 0 spiro atoms. The van der Waals surface area contributed by atoms with E-state index >= 15 is 0 Å². The highest BCUT2D eigenvalue weighted by molar-refractivity contribution is 5.47.